The van der Waals surface area contributed by atoms with E-state index < -0.39 is 23.8 Å². The van der Waals surface area contributed by atoms with Crippen LogP contribution >= 0.6 is 23.2 Å². The molecule has 0 spiro atoms. The molecule has 7 nitrogen and oxygen atoms in total. The lowest BCUT2D eigenvalue weighted by Crippen LogP contribution is -2.43. The molecule has 0 saturated heterocycles. The summed E-state index contributed by atoms with van der Waals surface area (Å²) in [5.74, 6) is -1.44. The first-order valence-corrected chi connectivity index (χ1v) is 10.4. The number of nitrogens with one attached hydrogen (secondary N) is 3. The van der Waals surface area contributed by atoms with Crippen molar-refractivity contribution in [2.24, 2.45) is 0 Å². The highest BCUT2D eigenvalue weighted by Crippen LogP contribution is 2.21. The summed E-state index contributed by atoms with van der Waals surface area (Å²) in [5.41, 5.74) is 1.73. The average molecular weight is 471 g/mol. The van der Waals surface area contributed by atoms with Gasteiger partial charge in [0.25, 0.3) is 5.91 Å². The third-order valence-electron chi connectivity index (χ3n) is 4.45. The van der Waals surface area contributed by atoms with Crippen molar-refractivity contribution >= 4 is 40.9 Å². The summed E-state index contributed by atoms with van der Waals surface area (Å²) < 4.78 is 0. The molecule has 0 aliphatic rings. The highest BCUT2D eigenvalue weighted by atomic mass is 35.5. The maximum Gasteiger partial charge on any atom is 0.253 e. The summed E-state index contributed by atoms with van der Waals surface area (Å²) in [7, 11) is 0. The summed E-state index contributed by atoms with van der Waals surface area (Å²) in [6.45, 7) is -0.569. The molecule has 0 saturated carbocycles. The smallest absolute Gasteiger partial charge is 0.253 e. The predicted molar refractivity (Wildman–Crippen MR) is 122 cm³/mol. The second-order valence-corrected chi connectivity index (χ2v) is 7.59. The van der Waals surface area contributed by atoms with E-state index in [1.54, 1.807) is 12.3 Å². The minimum Gasteiger partial charge on any atom is -0.346 e. The van der Waals surface area contributed by atoms with Crippen LogP contribution in [0.4, 0.5) is 0 Å². The fourth-order valence-corrected chi connectivity index (χ4v) is 3.40. The van der Waals surface area contributed by atoms with Crippen LogP contribution in [-0.2, 0) is 9.59 Å². The Bertz CT molecular complexity index is 1060. The number of aromatic nitrogens is 1. The number of hydrogen-bond donors (Lipinski definition) is 3. The zero-order valence-corrected chi connectivity index (χ0v) is 18.4. The first-order chi connectivity index (χ1) is 15.4. The van der Waals surface area contributed by atoms with Crippen molar-refractivity contribution in [1.82, 2.24) is 20.9 Å². The van der Waals surface area contributed by atoms with Gasteiger partial charge in [0.05, 0.1) is 35.4 Å². The second kappa shape index (κ2) is 11.3. The molecule has 0 aliphatic heterocycles. The number of amides is 3. The zero-order valence-electron chi connectivity index (χ0n) is 16.8. The van der Waals surface area contributed by atoms with E-state index in [-0.39, 0.29) is 23.7 Å². The number of rotatable bonds is 8. The molecule has 0 bridgehead atoms. The zero-order chi connectivity index (χ0) is 22.9. The molecule has 9 heteroatoms. The number of pyridine rings is 1. The molecular weight excluding hydrogens is 451 g/mol. The Kier molecular flexibility index (Phi) is 8.19. The van der Waals surface area contributed by atoms with Gasteiger partial charge in [-0.2, -0.15) is 0 Å². The highest BCUT2D eigenvalue weighted by Gasteiger charge is 2.18. The number of nitrogens with zero attached hydrogens (tertiary/aromatic N) is 1. The maximum absolute atomic E-state index is 12.5. The van der Waals surface area contributed by atoms with E-state index in [4.69, 9.17) is 23.2 Å². The molecule has 3 amide bonds. The molecule has 3 N–H and O–H groups in total. The van der Waals surface area contributed by atoms with Gasteiger partial charge in [0.15, 0.2) is 0 Å². The molecular formula is C23H20Cl2N4O3. The summed E-state index contributed by atoms with van der Waals surface area (Å²) in [5, 5.41) is 8.39. The SMILES string of the molecule is O=C(CNC(=O)c1ccc(Cl)cc1Cl)NCC(=O)NC(c1ccccc1)c1ccccn1. The van der Waals surface area contributed by atoms with E-state index in [0.29, 0.717) is 10.7 Å². The summed E-state index contributed by atoms with van der Waals surface area (Å²) in [6, 6.07) is 18.8. The third-order valence-corrected chi connectivity index (χ3v) is 5.00. The normalized spacial score (nSPS) is 11.3. The fraction of sp³-hybridized carbons (Fsp3) is 0.130. The van der Waals surface area contributed by atoms with Gasteiger partial charge < -0.3 is 16.0 Å². The molecule has 1 aromatic heterocycles. The summed E-state index contributed by atoms with van der Waals surface area (Å²) in [6.07, 6.45) is 1.65. The Morgan fingerprint density at radius 1 is 0.844 bits per heavy atom. The fourth-order valence-electron chi connectivity index (χ4n) is 2.90. The molecule has 164 valence electrons. The lowest BCUT2D eigenvalue weighted by molar-refractivity contribution is -0.125. The number of carbonyl (C=O) groups is 3. The van der Waals surface area contributed by atoms with Gasteiger partial charge in [0.1, 0.15) is 0 Å². The van der Waals surface area contributed by atoms with Crippen molar-refractivity contribution in [3.63, 3.8) is 0 Å². The first kappa shape index (κ1) is 23.2. The van der Waals surface area contributed by atoms with Gasteiger partial charge in [0.2, 0.25) is 11.8 Å². The third kappa shape index (κ3) is 6.54. The van der Waals surface area contributed by atoms with Crippen LogP contribution in [0.5, 0.6) is 0 Å². The Balaban J connectivity index is 1.52. The van der Waals surface area contributed by atoms with Gasteiger partial charge in [-0.05, 0) is 35.9 Å². The standard InChI is InChI=1S/C23H20Cl2N4O3/c24-16-9-10-17(18(25)12-16)23(32)28-13-20(30)27-14-21(31)29-22(15-6-2-1-3-7-15)19-8-4-5-11-26-19/h1-12,22H,13-14H2,(H,27,30)(H,28,32)(H,29,31). The lowest BCUT2D eigenvalue weighted by atomic mass is 10.0. The topological polar surface area (TPSA) is 100 Å². The summed E-state index contributed by atoms with van der Waals surface area (Å²) in [4.78, 5) is 41.0. The minimum atomic E-state index is -0.523. The van der Waals surface area contributed by atoms with Gasteiger partial charge >= 0.3 is 0 Å². The Hall–Kier alpha value is -3.42. The van der Waals surface area contributed by atoms with Crippen LogP contribution in [0.15, 0.2) is 72.9 Å². The average Bonchev–Trinajstić information content (AvgIpc) is 2.80. The molecule has 0 aliphatic carbocycles. The van der Waals surface area contributed by atoms with Crippen molar-refractivity contribution in [3.8, 4) is 0 Å². The van der Waals surface area contributed by atoms with E-state index in [1.807, 2.05) is 42.5 Å². The molecule has 1 heterocycles. The van der Waals surface area contributed by atoms with Crippen LogP contribution < -0.4 is 16.0 Å². The number of halogens is 2. The van der Waals surface area contributed by atoms with E-state index in [0.717, 1.165) is 5.56 Å². The van der Waals surface area contributed by atoms with Gasteiger partial charge in [-0.25, -0.2) is 0 Å². The van der Waals surface area contributed by atoms with Crippen molar-refractivity contribution in [2.75, 3.05) is 13.1 Å². The van der Waals surface area contributed by atoms with Gasteiger partial charge in [0, 0.05) is 11.2 Å². The van der Waals surface area contributed by atoms with Crippen LogP contribution in [0.2, 0.25) is 10.0 Å². The van der Waals surface area contributed by atoms with E-state index in [2.05, 4.69) is 20.9 Å². The minimum absolute atomic E-state index is 0.177. The van der Waals surface area contributed by atoms with Crippen LogP contribution in [-0.4, -0.2) is 35.8 Å². The first-order valence-electron chi connectivity index (χ1n) is 9.69. The molecule has 0 radical (unpaired) electrons. The largest absolute Gasteiger partial charge is 0.346 e. The maximum atomic E-state index is 12.5. The van der Waals surface area contributed by atoms with Crippen LogP contribution in [0.3, 0.4) is 0 Å². The molecule has 3 aromatic rings. The second-order valence-electron chi connectivity index (χ2n) is 6.75. The number of carbonyl (C=O) groups excluding carboxylic acids is 3. The van der Waals surface area contributed by atoms with E-state index >= 15 is 0 Å². The van der Waals surface area contributed by atoms with E-state index in [1.165, 1.54) is 18.2 Å². The molecule has 1 unspecified atom stereocenters. The van der Waals surface area contributed by atoms with Crippen molar-refractivity contribution in [3.05, 3.63) is 99.8 Å². The van der Waals surface area contributed by atoms with Crippen molar-refractivity contribution < 1.29 is 14.4 Å². The monoisotopic (exact) mass is 470 g/mol. The molecule has 3 rings (SSSR count). The Labute approximate surface area is 195 Å². The van der Waals surface area contributed by atoms with Gasteiger partial charge in [-0.3, -0.25) is 19.4 Å². The molecule has 2 aromatic carbocycles. The predicted octanol–water partition coefficient (Wildman–Crippen LogP) is 3.14. The van der Waals surface area contributed by atoms with Gasteiger partial charge in [-0.15, -0.1) is 0 Å². The molecule has 1 atom stereocenters. The Morgan fingerprint density at radius 2 is 1.56 bits per heavy atom. The summed E-state index contributed by atoms with van der Waals surface area (Å²) >= 11 is 11.8. The quantitative estimate of drug-likeness (QED) is 0.470. The molecule has 32 heavy (non-hydrogen) atoms. The lowest BCUT2D eigenvalue weighted by Gasteiger charge is -2.19. The van der Waals surface area contributed by atoms with Crippen LogP contribution in [0.1, 0.15) is 27.7 Å². The molecule has 0 fully saturated rings. The Morgan fingerprint density at radius 3 is 2.25 bits per heavy atom. The van der Waals surface area contributed by atoms with Crippen molar-refractivity contribution in [1.29, 1.82) is 0 Å². The van der Waals surface area contributed by atoms with Gasteiger partial charge in [-0.1, -0.05) is 59.6 Å². The van der Waals surface area contributed by atoms with Crippen molar-refractivity contribution in [2.45, 2.75) is 6.04 Å². The van der Waals surface area contributed by atoms with E-state index in [9.17, 15) is 14.4 Å². The van der Waals surface area contributed by atoms with Crippen LogP contribution in [0, 0.1) is 0 Å². The number of benzene rings is 2. The van der Waals surface area contributed by atoms with Crippen LogP contribution in [0.25, 0.3) is 0 Å². The highest BCUT2D eigenvalue weighted by molar-refractivity contribution is 6.36. The number of hydrogen-bond acceptors (Lipinski definition) is 4.